The van der Waals surface area contributed by atoms with Crippen LogP contribution in [-0.2, 0) is 26.3 Å². The molecule has 0 radical (unpaired) electrons. The van der Waals surface area contributed by atoms with Crippen molar-refractivity contribution in [3.05, 3.63) is 95.1 Å². The van der Waals surface area contributed by atoms with Crippen LogP contribution in [-0.4, -0.2) is 0 Å². The van der Waals surface area contributed by atoms with E-state index in [0.717, 1.165) is 33.8 Å². The van der Waals surface area contributed by atoms with Gasteiger partial charge in [0.2, 0.25) is 0 Å². The molecule has 0 aliphatic heterocycles. The van der Waals surface area contributed by atoms with Crippen molar-refractivity contribution in [1.82, 2.24) is 0 Å². The van der Waals surface area contributed by atoms with Gasteiger partial charge in [-0.05, 0) is 52.6 Å². The van der Waals surface area contributed by atoms with Crippen LogP contribution in [0.4, 0.5) is 0 Å². The van der Waals surface area contributed by atoms with Crippen LogP contribution in [0.1, 0.15) is 22.3 Å². The zero-order chi connectivity index (χ0) is 18.2. The van der Waals surface area contributed by atoms with E-state index < -0.39 is 0 Å². The van der Waals surface area contributed by atoms with Gasteiger partial charge in [0, 0.05) is 13.1 Å². The molecule has 0 bridgehead atoms. The quantitative estimate of drug-likeness (QED) is 0.650. The molecule has 0 saturated heterocycles. The van der Waals surface area contributed by atoms with Gasteiger partial charge in [-0.15, -0.1) is 0 Å². The van der Waals surface area contributed by atoms with Crippen molar-refractivity contribution < 1.29 is 9.47 Å². The van der Waals surface area contributed by atoms with Gasteiger partial charge in [0.05, 0.1) is 0 Å². The third-order valence-corrected chi connectivity index (χ3v) is 4.12. The molecule has 4 N–H and O–H groups in total. The minimum Gasteiger partial charge on any atom is -0.489 e. The predicted octanol–water partition coefficient (Wildman–Crippen LogP) is 3.76. The standard InChI is InChI=1S/C22H24N2O2/c23-13-17-4-8-21(9-5-17)25-15-19-2-1-3-20(12-19)16-26-22-10-6-18(14-24)7-11-22/h1-12H,13-16,23-24H2. The fraction of sp³-hybridized carbons (Fsp3) is 0.182. The molecule has 0 fully saturated rings. The van der Waals surface area contributed by atoms with Crippen LogP contribution in [0.3, 0.4) is 0 Å². The van der Waals surface area contributed by atoms with E-state index in [4.69, 9.17) is 20.9 Å². The number of ether oxygens (including phenoxy) is 2. The summed E-state index contributed by atoms with van der Waals surface area (Å²) < 4.78 is 11.7. The molecule has 0 saturated carbocycles. The van der Waals surface area contributed by atoms with E-state index in [1.165, 1.54) is 0 Å². The monoisotopic (exact) mass is 348 g/mol. The lowest BCUT2D eigenvalue weighted by Crippen LogP contribution is -2.00. The second kappa shape index (κ2) is 9.04. The van der Waals surface area contributed by atoms with Crippen LogP contribution >= 0.6 is 0 Å². The van der Waals surface area contributed by atoms with Crippen molar-refractivity contribution >= 4 is 0 Å². The summed E-state index contributed by atoms with van der Waals surface area (Å²) in [6.07, 6.45) is 0. The minimum atomic E-state index is 0.515. The topological polar surface area (TPSA) is 70.5 Å². The zero-order valence-corrected chi connectivity index (χ0v) is 14.7. The van der Waals surface area contributed by atoms with Crippen LogP contribution in [0.15, 0.2) is 72.8 Å². The average Bonchev–Trinajstić information content (AvgIpc) is 2.72. The fourth-order valence-electron chi connectivity index (χ4n) is 2.59. The highest BCUT2D eigenvalue weighted by Gasteiger charge is 2.01. The van der Waals surface area contributed by atoms with Gasteiger partial charge >= 0.3 is 0 Å². The molecule has 0 atom stereocenters. The predicted molar refractivity (Wildman–Crippen MR) is 104 cm³/mol. The van der Waals surface area contributed by atoms with E-state index in [1.807, 2.05) is 66.7 Å². The molecule has 4 heteroatoms. The van der Waals surface area contributed by atoms with Crippen molar-refractivity contribution in [2.75, 3.05) is 0 Å². The molecule has 3 aromatic carbocycles. The lowest BCUT2D eigenvalue weighted by Gasteiger charge is -2.10. The van der Waals surface area contributed by atoms with Crippen molar-refractivity contribution in [3.8, 4) is 11.5 Å². The normalized spacial score (nSPS) is 10.5. The minimum absolute atomic E-state index is 0.515. The summed E-state index contributed by atoms with van der Waals surface area (Å²) in [4.78, 5) is 0. The molecule has 26 heavy (non-hydrogen) atoms. The van der Waals surface area contributed by atoms with Crippen LogP contribution in [0, 0.1) is 0 Å². The van der Waals surface area contributed by atoms with Crippen molar-refractivity contribution in [2.45, 2.75) is 26.3 Å². The highest BCUT2D eigenvalue weighted by Crippen LogP contribution is 2.17. The van der Waals surface area contributed by atoms with Crippen LogP contribution < -0.4 is 20.9 Å². The van der Waals surface area contributed by atoms with E-state index in [0.29, 0.717) is 26.3 Å². The fourth-order valence-corrected chi connectivity index (χ4v) is 2.59. The third kappa shape index (κ3) is 5.09. The van der Waals surface area contributed by atoms with E-state index in [2.05, 4.69) is 6.07 Å². The first-order chi connectivity index (χ1) is 12.8. The average molecular weight is 348 g/mol. The summed E-state index contributed by atoms with van der Waals surface area (Å²) in [5, 5.41) is 0. The zero-order valence-electron chi connectivity index (χ0n) is 14.7. The van der Waals surface area contributed by atoms with Gasteiger partial charge in [0.25, 0.3) is 0 Å². The van der Waals surface area contributed by atoms with E-state index in [-0.39, 0.29) is 0 Å². The maximum absolute atomic E-state index is 5.84. The summed E-state index contributed by atoms with van der Waals surface area (Å²) in [5.74, 6) is 1.67. The van der Waals surface area contributed by atoms with Gasteiger partial charge in [-0.25, -0.2) is 0 Å². The molecule has 0 spiro atoms. The Bertz CT molecular complexity index is 748. The van der Waals surface area contributed by atoms with Crippen molar-refractivity contribution in [2.24, 2.45) is 11.5 Å². The van der Waals surface area contributed by atoms with Crippen molar-refractivity contribution in [1.29, 1.82) is 0 Å². The molecule has 3 rings (SSSR count). The molecular weight excluding hydrogens is 324 g/mol. The number of rotatable bonds is 8. The van der Waals surface area contributed by atoms with E-state index >= 15 is 0 Å². The summed E-state index contributed by atoms with van der Waals surface area (Å²) >= 11 is 0. The summed E-state index contributed by atoms with van der Waals surface area (Å²) in [7, 11) is 0. The van der Waals surface area contributed by atoms with Gasteiger partial charge in [-0.1, -0.05) is 42.5 Å². The second-order valence-corrected chi connectivity index (χ2v) is 6.09. The number of hydrogen-bond acceptors (Lipinski definition) is 4. The Morgan fingerprint density at radius 2 is 0.962 bits per heavy atom. The molecular formula is C22H24N2O2. The highest BCUT2D eigenvalue weighted by atomic mass is 16.5. The third-order valence-electron chi connectivity index (χ3n) is 4.12. The maximum atomic E-state index is 5.84. The SMILES string of the molecule is NCc1ccc(OCc2cccc(COc3ccc(CN)cc3)c2)cc1. The van der Waals surface area contributed by atoms with Gasteiger partial charge in [0.15, 0.2) is 0 Å². The first-order valence-electron chi connectivity index (χ1n) is 8.68. The molecule has 0 aromatic heterocycles. The molecule has 0 heterocycles. The Labute approximate surface area is 154 Å². The Morgan fingerprint density at radius 3 is 1.35 bits per heavy atom. The maximum Gasteiger partial charge on any atom is 0.119 e. The molecule has 134 valence electrons. The lowest BCUT2D eigenvalue weighted by atomic mass is 10.1. The van der Waals surface area contributed by atoms with E-state index in [1.54, 1.807) is 0 Å². The smallest absolute Gasteiger partial charge is 0.119 e. The van der Waals surface area contributed by atoms with Crippen molar-refractivity contribution in [3.63, 3.8) is 0 Å². The highest BCUT2D eigenvalue weighted by molar-refractivity contribution is 5.30. The Kier molecular flexibility index (Phi) is 6.25. The van der Waals surface area contributed by atoms with Gasteiger partial charge in [0.1, 0.15) is 24.7 Å². The Balaban J connectivity index is 1.55. The largest absolute Gasteiger partial charge is 0.489 e. The molecule has 0 unspecified atom stereocenters. The molecule has 4 nitrogen and oxygen atoms in total. The van der Waals surface area contributed by atoms with Gasteiger partial charge in [-0.2, -0.15) is 0 Å². The number of nitrogens with two attached hydrogens (primary N) is 2. The second-order valence-electron chi connectivity index (χ2n) is 6.09. The summed E-state index contributed by atoms with van der Waals surface area (Å²) in [6.45, 7) is 2.11. The Morgan fingerprint density at radius 1 is 0.538 bits per heavy atom. The number of benzene rings is 3. The molecule has 0 aliphatic rings. The van der Waals surface area contributed by atoms with E-state index in [9.17, 15) is 0 Å². The Hall–Kier alpha value is -2.82. The first-order valence-corrected chi connectivity index (χ1v) is 8.68. The lowest BCUT2D eigenvalue weighted by molar-refractivity contribution is 0.300. The molecule has 3 aromatic rings. The first kappa shape index (κ1) is 18.0. The van der Waals surface area contributed by atoms with Crippen LogP contribution in [0.5, 0.6) is 11.5 Å². The van der Waals surface area contributed by atoms with Crippen LogP contribution in [0.2, 0.25) is 0 Å². The number of hydrogen-bond donors (Lipinski definition) is 2. The van der Waals surface area contributed by atoms with Gasteiger partial charge in [-0.3, -0.25) is 0 Å². The van der Waals surface area contributed by atoms with Gasteiger partial charge < -0.3 is 20.9 Å². The summed E-state index contributed by atoms with van der Waals surface area (Å²) in [6, 6.07) is 23.9. The van der Waals surface area contributed by atoms with Crippen LogP contribution in [0.25, 0.3) is 0 Å². The molecule has 0 aliphatic carbocycles. The molecule has 0 amide bonds. The summed E-state index contributed by atoms with van der Waals surface area (Å²) in [5.41, 5.74) is 15.6.